The number of benzene rings is 1. The molecule has 2 aromatic rings. The zero-order valence-electron chi connectivity index (χ0n) is 13.0. The molecule has 3 rings (SSSR count). The Hall–Kier alpha value is -1.39. The Morgan fingerprint density at radius 3 is 2.70 bits per heavy atom. The lowest BCUT2D eigenvalue weighted by Gasteiger charge is -2.23. The molecule has 1 atom stereocenters. The van der Waals surface area contributed by atoms with E-state index in [4.69, 9.17) is 11.6 Å². The van der Waals surface area contributed by atoms with E-state index in [0.717, 1.165) is 30.5 Å². The third-order valence-electron chi connectivity index (χ3n) is 4.55. The number of amides is 1. The molecule has 1 aromatic carbocycles. The first kappa shape index (κ1) is 16.5. The maximum Gasteiger partial charge on any atom is 0.227 e. The number of thiazole rings is 1. The van der Waals surface area contributed by atoms with Crippen LogP contribution in [-0.4, -0.2) is 17.4 Å². The normalized spacial score (nSPS) is 16.4. The van der Waals surface area contributed by atoms with Gasteiger partial charge in [-0.3, -0.25) is 4.79 Å². The summed E-state index contributed by atoms with van der Waals surface area (Å²) in [5.41, 5.74) is 3.94. The Labute approximate surface area is 146 Å². The van der Waals surface area contributed by atoms with Gasteiger partial charge in [0.1, 0.15) is 0 Å². The van der Waals surface area contributed by atoms with Crippen LogP contribution in [0.15, 0.2) is 35.2 Å². The van der Waals surface area contributed by atoms with Gasteiger partial charge >= 0.3 is 0 Å². The second kappa shape index (κ2) is 7.93. The Bertz CT molecular complexity index is 621. The molecule has 1 heterocycles. The van der Waals surface area contributed by atoms with Gasteiger partial charge in [-0.2, -0.15) is 0 Å². The number of carbonyl (C=O) groups is 1. The average Bonchev–Trinajstić information content (AvgIpc) is 3.23. The van der Waals surface area contributed by atoms with Crippen molar-refractivity contribution in [2.45, 2.75) is 38.0 Å². The summed E-state index contributed by atoms with van der Waals surface area (Å²) < 4.78 is 0. The third kappa shape index (κ3) is 4.33. The second-order valence-corrected chi connectivity index (χ2v) is 7.25. The molecule has 0 aliphatic heterocycles. The van der Waals surface area contributed by atoms with E-state index in [1.165, 1.54) is 12.8 Å². The fraction of sp³-hybridized carbons (Fsp3) is 0.444. The number of carbonyl (C=O) groups excluding carboxylic acids is 1. The predicted molar refractivity (Wildman–Crippen MR) is 95.0 cm³/mol. The van der Waals surface area contributed by atoms with Crippen LogP contribution in [-0.2, 0) is 11.2 Å². The highest BCUT2D eigenvalue weighted by atomic mass is 35.5. The molecule has 1 unspecified atom stereocenters. The molecule has 122 valence electrons. The summed E-state index contributed by atoms with van der Waals surface area (Å²) >= 11 is 7.58. The van der Waals surface area contributed by atoms with E-state index in [0.29, 0.717) is 17.5 Å². The van der Waals surface area contributed by atoms with Crippen molar-refractivity contribution in [3.63, 3.8) is 0 Å². The Morgan fingerprint density at radius 1 is 1.30 bits per heavy atom. The summed E-state index contributed by atoms with van der Waals surface area (Å²) in [6, 6.07) is 7.74. The minimum Gasteiger partial charge on any atom is -0.355 e. The molecule has 1 N–H and O–H groups in total. The lowest BCUT2D eigenvalue weighted by molar-refractivity contribution is -0.123. The van der Waals surface area contributed by atoms with Gasteiger partial charge in [-0.15, -0.1) is 11.3 Å². The Kier molecular flexibility index (Phi) is 5.68. The SMILES string of the molecule is O=C(NCCc1cscn1)C(c1ccc(Cl)cc1)C1CCCC1. The van der Waals surface area contributed by atoms with E-state index in [1.807, 2.05) is 35.2 Å². The molecule has 0 bridgehead atoms. The standard InChI is InChI=1S/C18H21ClN2OS/c19-15-7-5-14(6-8-15)17(13-3-1-2-4-13)18(22)20-10-9-16-11-23-12-21-16/h5-8,11-13,17H,1-4,9-10H2,(H,20,22). The minimum absolute atomic E-state index is 0.0646. The topological polar surface area (TPSA) is 42.0 Å². The van der Waals surface area contributed by atoms with E-state index in [2.05, 4.69) is 10.3 Å². The monoisotopic (exact) mass is 348 g/mol. The summed E-state index contributed by atoms with van der Waals surface area (Å²) in [6.07, 6.45) is 5.49. The molecule has 1 aliphatic carbocycles. The van der Waals surface area contributed by atoms with Crippen molar-refractivity contribution in [1.82, 2.24) is 10.3 Å². The van der Waals surface area contributed by atoms with E-state index in [1.54, 1.807) is 11.3 Å². The maximum absolute atomic E-state index is 12.8. The first-order valence-electron chi connectivity index (χ1n) is 8.14. The van der Waals surface area contributed by atoms with Crippen LogP contribution in [0.1, 0.15) is 42.9 Å². The molecular formula is C18H21ClN2OS. The van der Waals surface area contributed by atoms with E-state index < -0.39 is 0 Å². The molecule has 1 amide bonds. The molecular weight excluding hydrogens is 328 g/mol. The van der Waals surface area contributed by atoms with Gasteiger partial charge in [0.15, 0.2) is 0 Å². The van der Waals surface area contributed by atoms with Crippen LogP contribution in [0.5, 0.6) is 0 Å². The minimum atomic E-state index is -0.0646. The highest BCUT2D eigenvalue weighted by Crippen LogP contribution is 2.37. The number of aromatic nitrogens is 1. The smallest absolute Gasteiger partial charge is 0.227 e. The average molecular weight is 349 g/mol. The van der Waals surface area contributed by atoms with Crippen LogP contribution in [0.4, 0.5) is 0 Å². The molecule has 23 heavy (non-hydrogen) atoms. The van der Waals surface area contributed by atoms with Gasteiger partial charge < -0.3 is 5.32 Å². The van der Waals surface area contributed by atoms with Gasteiger partial charge in [-0.1, -0.05) is 36.6 Å². The number of hydrogen-bond acceptors (Lipinski definition) is 3. The third-order valence-corrected chi connectivity index (χ3v) is 5.43. The van der Waals surface area contributed by atoms with Crippen LogP contribution in [0.3, 0.4) is 0 Å². The predicted octanol–water partition coefficient (Wildman–Crippen LogP) is 4.43. The highest BCUT2D eigenvalue weighted by Gasteiger charge is 2.31. The largest absolute Gasteiger partial charge is 0.355 e. The lowest BCUT2D eigenvalue weighted by Crippen LogP contribution is -2.34. The van der Waals surface area contributed by atoms with Crippen LogP contribution >= 0.6 is 22.9 Å². The molecule has 0 spiro atoms. The second-order valence-electron chi connectivity index (χ2n) is 6.09. The van der Waals surface area contributed by atoms with Crippen molar-refractivity contribution in [2.75, 3.05) is 6.54 Å². The molecule has 1 saturated carbocycles. The summed E-state index contributed by atoms with van der Waals surface area (Å²) in [5, 5.41) is 5.84. The Morgan fingerprint density at radius 2 is 2.04 bits per heavy atom. The zero-order chi connectivity index (χ0) is 16.1. The Balaban J connectivity index is 1.66. The van der Waals surface area contributed by atoms with Gasteiger partial charge in [0, 0.05) is 23.4 Å². The number of rotatable bonds is 6. The number of halogens is 1. The van der Waals surface area contributed by atoms with Gasteiger partial charge in [-0.25, -0.2) is 4.98 Å². The molecule has 1 fully saturated rings. The number of hydrogen-bond donors (Lipinski definition) is 1. The van der Waals surface area contributed by atoms with E-state index >= 15 is 0 Å². The quantitative estimate of drug-likeness (QED) is 0.839. The van der Waals surface area contributed by atoms with Gasteiger partial charge in [0.2, 0.25) is 5.91 Å². The van der Waals surface area contributed by atoms with Crippen molar-refractivity contribution < 1.29 is 4.79 Å². The molecule has 1 aliphatic rings. The number of nitrogens with one attached hydrogen (secondary N) is 1. The maximum atomic E-state index is 12.8. The van der Waals surface area contributed by atoms with Crippen LogP contribution in [0, 0.1) is 5.92 Å². The summed E-state index contributed by atoms with van der Waals surface area (Å²) in [4.78, 5) is 17.0. The van der Waals surface area contributed by atoms with Gasteiger partial charge in [0.25, 0.3) is 0 Å². The van der Waals surface area contributed by atoms with Gasteiger partial charge in [-0.05, 0) is 36.5 Å². The van der Waals surface area contributed by atoms with E-state index in [-0.39, 0.29) is 11.8 Å². The lowest BCUT2D eigenvalue weighted by atomic mass is 9.84. The highest BCUT2D eigenvalue weighted by molar-refractivity contribution is 7.07. The number of nitrogens with zero attached hydrogens (tertiary/aromatic N) is 1. The fourth-order valence-electron chi connectivity index (χ4n) is 3.38. The zero-order valence-corrected chi connectivity index (χ0v) is 14.6. The van der Waals surface area contributed by atoms with Crippen LogP contribution in [0.2, 0.25) is 5.02 Å². The molecule has 5 heteroatoms. The van der Waals surface area contributed by atoms with Crippen LogP contribution < -0.4 is 5.32 Å². The first-order valence-corrected chi connectivity index (χ1v) is 9.46. The van der Waals surface area contributed by atoms with Gasteiger partial charge in [0.05, 0.1) is 17.1 Å². The van der Waals surface area contributed by atoms with Crippen molar-refractivity contribution in [3.05, 3.63) is 51.4 Å². The van der Waals surface area contributed by atoms with Crippen LogP contribution in [0.25, 0.3) is 0 Å². The fourth-order valence-corrected chi connectivity index (χ4v) is 4.10. The summed E-state index contributed by atoms with van der Waals surface area (Å²) in [6.45, 7) is 0.638. The van der Waals surface area contributed by atoms with Crippen molar-refractivity contribution >= 4 is 28.8 Å². The summed E-state index contributed by atoms with van der Waals surface area (Å²) in [5.74, 6) is 0.509. The molecule has 0 radical (unpaired) electrons. The van der Waals surface area contributed by atoms with Crippen molar-refractivity contribution in [3.8, 4) is 0 Å². The molecule has 1 aromatic heterocycles. The molecule has 3 nitrogen and oxygen atoms in total. The van der Waals surface area contributed by atoms with Crippen molar-refractivity contribution in [2.24, 2.45) is 5.92 Å². The summed E-state index contributed by atoms with van der Waals surface area (Å²) in [7, 11) is 0. The molecule has 0 saturated heterocycles. The van der Waals surface area contributed by atoms with Crippen molar-refractivity contribution in [1.29, 1.82) is 0 Å². The van der Waals surface area contributed by atoms with E-state index in [9.17, 15) is 4.79 Å². The first-order chi connectivity index (χ1) is 11.2.